The fourth-order valence-corrected chi connectivity index (χ4v) is 28.4. The van der Waals surface area contributed by atoms with Crippen LogP contribution in [0.15, 0.2) is 0 Å². The van der Waals surface area contributed by atoms with E-state index < -0.39 is 15.6 Å². The Morgan fingerprint density at radius 3 is 1.20 bits per heavy atom. The number of unbranched alkanes of at least 4 members (excludes halogenated alkanes) is 3. The van der Waals surface area contributed by atoms with Crippen molar-refractivity contribution in [2.45, 2.75) is 154 Å². The van der Waals surface area contributed by atoms with E-state index in [0.717, 1.165) is 80.2 Å². The number of ether oxygens (including phenoxy) is 3. The van der Waals surface area contributed by atoms with Crippen LogP contribution in [0.25, 0.3) is 0 Å². The predicted octanol–water partition coefficient (Wildman–Crippen LogP) is 10.4. The fourth-order valence-electron chi connectivity index (χ4n) is 4.98. The second-order valence-electron chi connectivity index (χ2n) is 12.5. The summed E-state index contributed by atoms with van der Waals surface area (Å²) in [4.78, 5) is 40.0. The van der Waals surface area contributed by atoms with Crippen LogP contribution in [0.1, 0.15) is 144 Å². The van der Waals surface area contributed by atoms with Crippen molar-refractivity contribution in [3.8, 4) is 0 Å². The monoisotopic (exact) mass is 768 g/mol. The van der Waals surface area contributed by atoms with E-state index in [1.807, 2.05) is 17.9 Å². The van der Waals surface area contributed by atoms with E-state index in [0.29, 0.717) is 56.8 Å². The van der Waals surface area contributed by atoms with Gasteiger partial charge in [0.1, 0.15) is 0 Å². The van der Waals surface area contributed by atoms with Crippen LogP contribution in [0.2, 0.25) is 9.38 Å². The van der Waals surface area contributed by atoms with Gasteiger partial charge in [0.2, 0.25) is 0 Å². The number of carbonyl (C=O) groups is 3. The van der Waals surface area contributed by atoms with Gasteiger partial charge in [-0.2, -0.15) is 0 Å². The van der Waals surface area contributed by atoms with Crippen molar-refractivity contribution >= 4 is 51.4 Å². The molecule has 0 rings (SSSR count). The van der Waals surface area contributed by atoms with Gasteiger partial charge in [-0.25, -0.2) is 0 Å². The van der Waals surface area contributed by atoms with Gasteiger partial charge in [-0.1, -0.05) is 0 Å². The molecule has 0 bridgehead atoms. The summed E-state index contributed by atoms with van der Waals surface area (Å²) in [5, 5.41) is 0. The Bertz CT molecular complexity index is 645. The van der Waals surface area contributed by atoms with Crippen molar-refractivity contribution < 1.29 is 28.6 Å². The number of esters is 3. The molecule has 0 radical (unpaired) electrons. The molecule has 0 saturated heterocycles. The minimum absolute atomic E-state index is 0.0992. The summed E-state index contributed by atoms with van der Waals surface area (Å²) in [5.41, 5.74) is 0. The van der Waals surface area contributed by atoms with Crippen molar-refractivity contribution in [3.63, 3.8) is 0 Å². The average Bonchev–Trinajstić information content (AvgIpc) is 3.01. The first-order valence-electron chi connectivity index (χ1n) is 17.9. The van der Waals surface area contributed by atoms with E-state index in [4.69, 9.17) is 14.2 Å². The van der Waals surface area contributed by atoms with Gasteiger partial charge < -0.3 is 0 Å². The molecular weight excluding hydrogens is 699 g/mol. The Morgan fingerprint density at radius 1 is 0.545 bits per heavy atom. The molecule has 0 aromatic heterocycles. The first-order chi connectivity index (χ1) is 21.2. The maximum atomic E-state index is 12.5. The minimum atomic E-state index is -2.83. The molecule has 0 fully saturated rings. The number of rotatable bonds is 30. The molecule has 260 valence electrons. The Hall–Kier alpha value is -0.0913. The van der Waals surface area contributed by atoms with Crippen molar-refractivity contribution in [2.75, 3.05) is 31.3 Å². The summed E-state index contributed by atoms with van der Waals surface area (Å²) in [6.07, 6.45) is 15.5. The van der Waals surface area contributed by atoms with Crippen molar-refractivity contribution in [1.82, 2.24) is 0 Å². The molecule has 0 N–H and O–H groups in total. The van der Waals surface area contributed by atoms with Crippen molar-refractivity contribution in [3.05, 3.63) is 0 Å². The van der Waals surface area contributed by atoms with Crippen LogP contribution in [0.3, 0.4) is 0 Å². The normalized spacial score (nSPS) is 14.8. The Balaban J connectivity index is 4.88. The number of hydrogen-bond donors (Lipinski definition) is 0. The van der Waals surface area contributed by atoms with Crippen LogP contribution in [-0.4, -0.2) is 64.8 Å². The molecule has 0 aliphatic carbocycles. The van der Waals surface area contributed by atoms with Crippen LogP contribution < -0.4 is 0 Å². The van der Waals surface area contributed by atoms with Gasteiger partial charge in [0.15, 0.2) is 0 Å². The fraction of sp³-hybridized carbons (Fsp3) is 0.914. The molecule has 0 spiro atoms. The molecular formula is C35H68O6S2Sn. The summed E-state index contributed by atoms with van der Waals surface area (Å²) < 4.78 is 17.9. The van der Waals surface area contributed by atoms with Gasteiger partial charge in [0.05, 0.1) is 0 Å². The zero-order valence-electron chi connectivity index (χ0n) is 29.6. The molecule has 3 unspecified atom stereocenters. The van der Waals surface area contributed by atoms with Gasteiger partial charge in [-0.05, 0) is 0 Å². The second-order valence-corrected chi connectivity index (χ2v) is 40.5. The van der Waals surface area contributed by atoms with Gasteiger partial charge in [-0.3, -0.25) is 0 Å². The average molecular weight is 768 g/mol. The zero-order valence-corrected chi connectivity index (χ0v) is 34.0. The van der Waals surface area contributed by atoms with Crippen molar-refractivity contribution in [1.29, 1.82) is 0 Å². The molecule has 9 heteroatoms. The first kappa shape index (κ1) is 43.9. The molecule has 3 atom stereocenters. The summed E-state index contributed by atoms with van der Waals surface area (Å²) in [5.74, 6) is 2.51. The molecule has 0 saturated carbocycles. The summed E-state index contributed by atoms with van der Waals surface area (Å²) in [7, 11) is 3.88. The summed E-state index contributed by atoms with van der Waals surface area (Å²) in [6, 6.07) is 0. The second kappa shape index (κ2) is 29.1. The third-order valence-corrected chi connectivity index (χ3v) is 35.6. The summed E-state index contributed by atoms with van der Waals surface area (Å²) >= 11 is -2.83. The maximum absolute atomic E-state index is 12.5. The van der Waals surface area contributed by atoms with Crippen molar-refractivity contribution in [2.24, 2.45) is 17.8 Å². The standard InChI is InChI=1S/C12H23O2.2C11H22O2S.CH3.Sn/c1-4-7-9-11(6-3)10-14-12(13)8-5-2;2*1-3-5-6-10(4-2)9-13-11(12)7-8-14;;/h11H,2,4-10H2,1,3H3;2*10,14H,3-9H2,1-2H3;1H3;/q;;;;+2/p-2. The third-order valence-electron chi connectivity index (χ3n) is 8.51. The molecule has 0 amide bonds. The van der Waals surface area contributed by atoms with E-state index in [9.17, 15) is 14.4 Å². The molecule has 0 aliphatic heterocycles. The zero-order chi connectivity index (χ0) is 33.1. The van der Waals surface area contributed by atoms with Crippen LogP contribution in [-0.2, 0) is 28.6 Å². The molecule has 0 aromatic rings. The van der Waals surface area contributed by atoms with Crippen LogP contribution >= 0.6 is 17.9 Å². The van der Waals surface area contributed by atoms with Gasteiger partial charge in [-0.15, -0.1) is 0 Å². The number of hydrogen-bond acceptors (Lipinski definition) is 8. The summed E-state index contributed by atoms with van der Waals surface area (Å²) in [6.45, 7) is 14.6. The Kier molecular flexibility index (Phi) is 29.0. The quantitative estimate of drug-likeness (QED) is 0.0406. The van der Waals surface area contributed by atoms with E-state index in [1.54, 1.807) is 0 Å². The van der Waals surface area contributed by atoms with E-state index in [-0.39, 0.29) is 17.9 Å². The molecule has 0 aromatic carbocycles. The van der Waals surface area contributed by atoms with Crippen LogP contribution in [0.5, 0.6) is 0 Å². The van der Waals surface area contributed by atoms with E-state index in [1.165, 1.54) is 19.3 Å². The molecule has 0 aliphatic rings. The molecule has 44 heavy (non-hydrogen) atoms. The van der Waals surface area contributed by atoms with Crippen LogP contribution in [0, 0.1) is 17.8 Å². The topological polar surface area (TPSA) is 78.9 Å². The number of carbonyl (C=O) groups excluding carboxylic acids is 3. The van der Waals surface area contributed by atoms with E-state index in [2.05, 4.69) is 46.5 Å². The Labute approximate surface area is 281 Å². The SMILES string of the molecule is CCCCC(CC)COC(=O)CC[CH2][Sn]([CH3])([S]CCC(=O)OCC(CC)CCCC)[S]CCC(=O)OCC(CC)CCCC. The third kappa shape index (κ3) is 24.1. The van der Waals surface area contributed by atoms with Gasteiger partial charge in [0, 0.05) is 0 Å². The first-order valence-corrected chi connectivity index (χ1v) is 31.7. The molecule has 6 nitrogen and oxygen atoms in total. The van der Waals surface area contributed by atoms with Gasteiger partial charge >= 0.3 is 283 Å². The van der Waals surface area contributed by atoms with E-state index >= 15 is 0 Å². The predicted molar refractivity (Wildman–Crippen MR) is 193 cm³/mol. The molecule has 0 heterocycles. The van der Waals surface area contributed by atoms with Crippen LogP contribution in [0.4, 0.5) is 0 Å². The Morgan fingerprint density at radius 2 is 0.886 bits per heavy atom. The van der Waals surface area contributed by atoms with Gasteiger partial charge in [0.25, 0.3) is 0 Å².